The first-order valence-electron chi connectivity index (χ1n) is 8.48. The first-order valence-corrected chi connectivity index (χ1v) is 8.48. The number of hydrogen-bond acceptors (Lipinski definition) is 2. The van der Waals surface area contributed by atoms with Crippen molar-refractivity contribution in [2.24, 2.45) is 0 Å². The van der Waals surface area contributed by atoms with E-state index >= 15 is 0 Å². The van der Waals surface area contributed by atoms with Crippen LogP contribution in [0.5, 0.6) is 0 Å². The summed E-state index contributed by atoms with van der Waals surface area (Å²) in [5.74, 6) is -0.00707. The van der Waals surface area contributed by atoms with Gasteiger partial charge in [-0.3, -0.25) is 4.79 Å². The van der Waals surface area contributed by atoms with E-state index in [4.69, 9.17) is 0 Å². The van der Waals surface area contributed by atoms with Crippen LogP contribution in [0, 0.1) is 13.8 Å². The van der Waals surface area contributed by atoms with Gasteiger partial charge in [0.15, 0.2) is 0 Å². The summed E-state index contributed by atoms with van der Waals surface area (Å²) in [5, 5.41) is 3.03. The minimum absolute atomic E-state index is 0.00707. The molecule has 0 spiro atoms. The van der Waals surface area contributed by atoms with E-state index in [-0.39, 0.29) is 5.91 Å². The molecule has 0 atom stereocenters. The molecule has 1 heterocycles. The summed E-state index contributed by atoms with van der Waals surface area (Å²) >= 11 is 0. The molecule has 0 saturated heterocycles. The lowest BCUT2D eigenvalue weighted by Gasteiger charge is -2.14. The van der Waals surface area contributed by atoms with Crippen molar-refractivity contribution >= 4 is 5.91 Å². The summed E-state index contributed by atoms with van der Waals surface area (Å²) in [6.45, 7) is 9.80. The monoisotopic (exact) mass is 327 g/mol. The van der Waals surface area contributed by atoms with Gasteiger partial charge in [-0.2, -0.15) is 0 Å². The molecular weight excluding hydrogens is 298 g/mol. The molecule has 0 bridgehead atoms. The van der Waals surface area contributed by atoms with Crippen LogP contribution in [0.3, 0.4) is 0 Å². The molecule has 0 aliphatic rings. The van der Waals surface area contributed by atoms with Crippen LogP contribution in [0.1, 0.15) is 52.8 Å². The van der Waals surface area contributed by atoms with Crippen LogP contribution in [0.15, 0.2) is 30.3 Å². The second kappa shape index (κ2) is 7.67. The van der Waals surface area contributed by atoms with Crippen molar-refractivity contribution in [3.8, 4) is 0 Å². The summed E-state index contributed by atoms with van der Waals surface area (Å²) in [6, 6.07) is 10.7. The zero-order chi connectivity index (χ0) is 17.9. The number of nitrogens with zero attached hydrogens (tertiary/aromatic N) is 2. The van der Waals surface area contributed by atoms with Crippen LogP contribution in [-0.4, -0.2) is 29.5 Å². The SMILES string of the molecule is Cc1cc(C(=O)NCc2ccc(CN(C)C)cc2)c(C)n1C(C)C. The topological polar surface area (TPSA) is 37.3 Å². The van der Waals surface area contributed by atoms with Gasteiger partial charge in [-0.25, -0.2) is 0 Å². The molecule has 0 saturated carbocycles. The maximum absolute atomic E-state index is 12.5. The minimum atomic E-state index is -0.00707. The average molecular weight is 327 g/mol. The van der Waals surface area contributed by atoms with E-state index in [2.05, 4.69) is 67.0 Å². The first-order chi connectivity index (χ1) is 11.3. The zero-order valence-corrected chi connectivity index (χ0v) is 15.7. The maximum atomic E-state index is 12.5. The molecule has 0 radical (unpaired) electrons. The highest BCUT2D eigenvalue weighted by atomic mass is 16.1. The van der Waals surface area contributed by atoms with Crippen molar-refractivity contribution in [1.82, 2.24) is 14.8 Å². The summed E-state index contributed by atoms with van der Waals surface area (Å²) in [4.78, 5) is 14.6. The van der Waals surface area contributed by atoms with E-state index < -0.39 is 0 Å². The van der Waals surface area contributed by atoms with Crippen molar-refractivity contribution in [2.75, 3.05) is 14.1 Å². The molecule has 1 amide bonds. The van der Waals surface area contributed by atoms with E-state index in [0.717, 1.165) is 29.1 Å². The van der Waals surface area contributed by atoms with Crippen LogP contribution in [0.2, 0.25) is 0 Å². The van der Waals surface area contributed by atoms with Gasteiger partial charge < -0.3 is 14.8 Å². The first kappa shape index (κ1) is 18.3. The van der Waals surface area contributed by atoms with E-state index in [1.165, 1.54) is 5.56 Å². The van der Waals surface area contributed by atoms with Gasteiger partial charge in [0.05, 0.1) is 5.56 Å². The summed E-state index contributed by atoms with van der Waals surface area (Å²) in [5.41, 5.74) is 5.31. The summed E-state index contributed by atoms with van der Waals surface area (Å²) < 4.78 is 2.20. The Morgan fingerprint density at radius 2 is 1.71 bits per heavy atom. The largest absolute Gasteiger partial charge is 0.348 e. The van der Waals surface area contributed by atoms with Crippen molar-refractivity contribution in [1.29, 1.82) is 0 Å². The molecule has 0 aliphatic carbocycles. The lowest BCUT2D eigenvalue weighted by Crippen LogP contribution is -2.23. The third-order valence-electron chi connectivity index (χ3n) is 4.22. The van der Waals surface area contributed by atoms with Gasteiger partial charge in [0.1, 0.15) is 0 Å². The van der Waals surface area contributed by atoms with E-state index in [1.807, 2.05) is 19.9 Å². The Morgan fingerprint density at radius 3 is 2.21 bits per heavy atom. The number of carbonyl (C=O) groups is 1. The lowest BCUT2D eigenvalue weighted by atomic mass is 10.1. The molecular formula is C20H29N3O. The Balaban J connectivity index is 2.02. The van der Waals surface area contributed by atoms with Crippen LogP contribution in [0.4, 0.5) is 0 Å². The second-order valence-corrected chi connectivity index (χ2v) is 6.99. The summed E-state index contributed by atoms with van der Waals surface area (Å²) in [7, 11) is 4.11. The molecule has 130 valence electrons. The number of carbonyl (C=O) groups excluding carboxylic acids is 1. The third-order valence-corrected chi connectivity index (χ3v) is 4.22. The van der Waals surface area contributed by atoms with Gasteiger partial charge >= 0.3 is 0 Å². The van der Waals surface area contributed by atoms with Gasteiger partial charge in [-0.1, -0.05) is 24.3 Å². The fourth-order valence-electron chi connectivity index (χ4n) is 3.21. The molecule has 0 aliphatic heterocycles. The van der Waals surface area contributed by atoms with Crippen LogP contribution in [0.25, 0.3) is 0 Å². The standard InChI is InChI=1S/C20H29N3O/c1-14(2)23-15(3)11-19(16(23)4)20(24)21-12-17-7-9-18(10-8-17)13-22(5)6/h7-11,14H,12-13H2,1-6H3,(H,21,24). The predicted octanol–water partition coefficient (Wildman–Crippen LogP) is 3.68. The molecule has 4 heteroatoms. The quantitative estimate of drug-likeness (QED) is 0.879. The molecule has 2 aromatic rings. The van der Waals surface area contributed by atoms with E-state index in [9.17, 15) is 4.79 Å². The van der Waals surface area contributed by atoms with Crippen molar-refractivity contribution in [3.63, 3.8) is 0 Å². The van der Waals surface area contributed by atoms with Crippen molar-refractivity contribution in [2.45, 2.75) is 46.8 Å². The van der Waals surface area contributed by atoms with Gasteiger partial charge in [0, 0.05) is 30.5 Å². The van der Waals surface area contributed by atoms with Gasteiger partial charge in [0.25, 0.3) is 5.91 Å². The smallest absolute Gasteiger partial charge is 0.253 e. The Morgan fingerprint density at radius 1 is 1.12 bits per heavy atom. The number of nitrogens with one attached hydrogen (secondary N) is 1. The molecule has 1 aromatic carbocycles. The van der Waals surface area contributed by atoms with Gasteiger partial charge in [-0.15, -0.1) is 0 Å². The van der Waals surface area contributed by atoms with E-state index in [0.29, 0.717) is 12.6 Å². The highest BCUT2D eigenvalue weighted by Gasteiger charge is 2.16. The van der Waals surface area contributed by atoms with Gasteiger partial charge in [0.2, 0.25) is 0 Å². The number of amides is 1. The highest BCUT2D eigenvalue weighted by Crippen LogP contribution is 2.20. The number of benzene rings is 1. The Hall–Kier alpha value is -2.07. The fourth-order valence-corrected chi connectivity index (χ4v) is 3.21. The third kappa shape index (κ3) is 4.26. The molecule has 1 aromatic heterocycles. The summed E-state index contributed by atoms with van der Waals surface area (Å²) in [6.07, 6.45) is 0. The molecule has 0 fully saturated rings. The number of aromatic nitrogens is 1. The lowest BCUT2D eigenvalue weighted by molar-refractivity contribution is 0.0950. The van der Waals surface area contributed by atoms with Crippen molar-refractivity contribution < 1.29 is 4.79 Å². The normalized spacial score (nSPS) is 11.3. The minimum Gasteiger partial charge on any atom is -0.348 e. The van der Waals surface area contributed by atoms with Crippen LogP contribution < -0.4 is 5.32 Å². The van der Waals surface area contributed by atoms with Crippen LogP contribution in [-0.2, 0) is 13.1 Å². The Kier molecular flexibility index (Phi) is 5.84. The molecule has 0 unspecified atom stereocenters. The molecule has 1 N–H and O–H groups in total. The number of aryl methyl sites for hydroxylation is 1. The second-order valence-electron chi connectivity index (χ2n) is 6.99. The molecule has 4 nitrogen and oxygen atoms in total. The van der Waals surface area contributed by atoms with Crippen molar-refractivity contribution in [3.05, 3.63) is 58.4 Å². The Bertz CT molecular complexity index is 696. The number of rotatable bonds is 6. The zero-order valence-electron chi connectivity index (χ0n) is 15.7. The average Bonchev–Trinajstić information content (AvgIpc) is 2.80. The molecule has 2 rings (SSSR count). The molecule has 24 heavy (non-hydrogen) atoms. The number of hydrogen-bond donors (Lipinski definition) is 1. The fraction of sp³-hybridized carbons (Fsp3) is 0.450. The van der Waals surface area contributed by atoms with Crippen LogP contribution >= 0.6 is 0 Å². The predicted molar refractivity (Wildman–Crippen MR) is 99.3 cm³/mol. The maximum Gasteiger partial charge on any atom is 0.253 e. The highest BCUT2D eigenvalue weighted by molar-refractivity contribution is 5.95. The van der Waals surface area contributed by atoms with E-state index in [1.54, 1.807) is 0 Å². The Labute approximate surface area is 145 Å². The van der Waals surface area contributed by atoms with Gasteiger partial charge in [-0.05, 0) is 59.0 Å².